The highest BCUT2D eigenvalue weighted by Gasteiger charge is 2.14. The summed E-state index contributed by atoms with van der Waals surface area (Å²) in [5, 5.41) is 3.16. The van der Waals surface area contributed by atoms with Crippen molar-refractivity contribution in [2.24, 2.45) is 0 Å². The number of hydrogen-bond donors (Lipinski definition) is 1. The molecule has 1 N–H and O–H groups in total. The molecule has 0 aliphatic rings. The third-order valence-corrected chi connectivity index (χ3v) is 4.27. The Morgan fingerprint density at radius 3 is 2.68 bits per heavy atom. The monoisotopic (exact) mass is 386 g/mol. The van der Waals surface area contributed by atoms with Crippen LogP contribution in [0.5, 0.6) is 0 Å². The number of carbonyl (C=O) groups is 2. The standard InChI is InChI=1S/C13H11IN2O2S/c1-7-11(8(2)17)19-13(15-7)16-12(18)9-4-3-5-10(14)6-9/h3-6H,1-2H3,(H,15,16,18). The number of thiazole rings is 1. The maximum atomic E-state index is 12.0. The van der Waals surface area contributed by atoms with Crippen LogP contribution in [0.3, 0.4) is 0 Å². The van der Waals surface area contributed by atoms with E-state index in [0.29, 0.717) is 21.3 Å². The van der Waals surface area contributed by atoms with Crippen LogP contribution in [0.4, 0.5) is 5.13 Å². The second-order valence-electron chi connectivity index (χ2n) is 3.95. The maximum Gasteiger partial charge on any atom is 0.257 e. The lowest BCUT2D eigenvalue weighted by atomic mass is 10.2. The van der Waals surface area contributed by atoms with Gasteiger partial charge in [0.25, 0.3) is 5.91 Å². The molecule has 2 aromatic rings. The molecule has 0 fully saturated rings. The summed E-state index contributed by atoms with van der Waals surface area (Å²) in [6.45, 7) is 3.25. The third kappa shape index (κ3) is 3.38. The highest BCUT2D eigenvalue weighted by atomic mass is 127. The average molecular weight is 386 g/mol. The van der Waals surface area contributed by atoms with Gasteiger partial charge in [0.15, 0.2) is 10.9 Å². The van der Waals surface area contributed by atoms with Crippen LogP contribution in [-0.2, 0) is 0 Å². The summed E-state index contributed by atoms with van der Waals surface area (Å²) >= 11 is 3.35. The van der Waals surface area contributed by atoms with Gasteiger partial charge in [0.05, 0.1) is 10.6 Å². The quantitative estimate of drug-likeness (QED) is 0.649. The molecule has 0 saturated carbocycles. The van der Waals surface area contributed by atoms with E-state index in [1.807, 2.05) is 12.1 Å². The molecule has 0 atom stereocenters. The van der Waals surface area contributed by atoms with E-state index in [-0.39, 0.29) is 11.7 Å². The number of ketones is 1. The van der Waals surface area contributed by atoms with Crippen molar-refractivity contribution in [3.63, 3.8) is 0 Å². The second-order valence-corrected chi connectivity index (χ2v) is 6.20. The fourth-order valence-electron chi connectivity index (χ4n) is 1.58. The molecule has 0 saturated heterocycles. The SMILES string of the molecule is CC(=O)c1sc(NC(=O)c2cccc(I)c2)nc1C. The first-order valence-electron chi connectivity index (χ1n) is 5.52. The number of aryl methyl sites for hydroxylation is 1. The van der Waals surface area contributed by atoms with Gasteiger partial charge in [-0.25, -0.2) is 4.98 Å². The molecule has 6 heteroatoms. The minimum Gasteiger partial charge on any atom is -0.298 e. The Labute approximate surface area is 128 Å². The first-order chi connectivity index (χ1) is 8.97. The van der Waals surface area contributed by atoms with Crippen molar-refractivity contribution in [2.45, 2.75) is 13.8 Å². The van der Waals surface area contributed by atoms with E-state index in [0.717, 1.165) is 3.57 Å². The number of hydrogen-bond acceptors (Lipinski definition) is 4. The Morgan fingerprint density at radius 2 is 2.11 bits per heavy atom. The summed E-state index contributed by atoms with van der Waals surface area (Å²) in [4.78, 5) is 28.1. The normalized spacial score (nSPS) is 10.3. The summed E-state index contributed by atoms with van der Waals surface area (Å²) < 4.78 is 0.991. The molecule has 1 heterocycles. The van der Waals surface area contributed by atoms with Crippen molar-refractivity contribution < 1.29 is 9.59 Å². The number of Topliss-reactive ketones (excluding diaryl/α,β-unsaturated/α-hetero) is 1. The van der Waals surface area contributed by atoms with Gasteiger partial charge in [-0.1, -0.05) is 17.4 Å². The molecule has 0 spiro atoms. The van der Waals surface area contributed by atoms with Gasteiger partial charge in [0.1, 0.15) is 0 Å². The van der Waals surface area contributed by atoms with Crippen LogP contribution in [0, 0.1) is 10.5 Å². The molecule has 1 amide bonds. The Hall–Kier alpha value is -1.28. The largest absolute Gasteiger partial charge is 0.298 e. The molecular formula is C13H11IN2O2S. The number of halogens is 1. The average Bonchev–Trinajstić information content (AvgIpc) is 2.70. The molecule has 0 aliphatic carbocycles. The zero-order valence-corrected chi connectivity index (χ0v) is 13.3. The van der Waals surface area contributed by atoms with Crippen LogP contribution in [0.25, 0.3) is 0 Å². The number of benzene rings is 1. The van der Waals surface area contributed by atoms with Gasteiger partial charge >= 0.3 is 0 Å². The molecule has 19 heavy (non-hydrogen) atoms. The molecule has 2 rings (SSSR count). The van der Waals surface area contributed by atoms with E-state index in [1.165, 1.54) is 18.3 Å². The topological polar surface area (TPSA) is 59.1 Å². The lowest BCUT2D eigenvalue weighted by Crippen LogP contribution is -2.11. The van der Waals surface area contributed by atoms with E-state index in [9.17, 15) is 9.59 Å². The van der Waals surface area contributed by atoms with Crippen LogP contribution >= 0.6 is 33.9 Å². The predicted molar refractivity (Wildman–Crippen MR) is 84.0 cm³/mol. The van der Waals surface area contributed by atoms with Gasteiger partial charge in [0, 0.05) is 16.1 Å². The van der Waals surface area contributed by atoms with E-state index in [2.05, 4.69) is 32.9 Å². The lowest BCUT2D eigenvalue weighted by Gasteiger charge is -2.01. The number of rotatable bonds is 3. The zero-order valence-electron chi connectivity index (χ0n) is 10.4. The van der Waals surface area contributed by atoms with Gasteiger partial charge < -0.3 is 0 Å². The van der Waals surface area contributed by atoms with Crippen molar-refractivity contribution in [2.75, 3.05) is 5.32 Å². The summed E-state index contributed by atoms with van der Waals surface area (Å²) in [7, 11) is 0. The van der Waals surface area contributed by atoms with E-state index in [1.54, 1.807) is 19.1 Å². The predicted octanol–water partition coefficient (Wildman–Crippen LogP) is 3.51. The van der Waals surface area contributed by atoms with Crippen molar-refractivity contribution in [1.82, 2.24) is 4.98 Å². The van der Waals surface area contributed by atoms with Crippen LogP contribution in [0.2, 0.25) is 0 Å². The second kappa shape index (κ2) is 5.79. The molecule has 1 aromatic heterocycles. The minimum atomic E-state index is -0.220. The zero-order chi connectivity index (χ0) is 14.0. The first-order valence-corrected chi connectivity index (χ1v) is 7.42. The molecular weight excluding hydrogens is 375 g/mol. The van der Waals surface area contributed by atoms with Crippen LogP contribution in [0.15, 0.2) is 24.3 Å². The van der Waals surface area contributed by atoms with Gasteiger partial charge in [-0.3, -0.25) is 14.9 Å². The van der Waals surface area contributed by atoms with E-state index < -0.39 is 0 Å². The number of nitrogens with zero attached hydrogens (tertiary/aromatic N) is 1. The summed E-state index contributed by atoms with van der Waals surface area (Å²) in [5.74, 6) is -0.257. The third-order valence-electron chi connectivity index (χ3n) is 2.42. The molecule has 0 unspecified atom stereocenters. The van der Waals surface area contributed by atoms with Crippen molar-refractivity contribution in [1.29, 1.82) is 0 Å². The number of anilines is 1. The fraction of sp³-hybridized carbons (Fsp3) is 0.154. The maximum absolute atomic E-state index is 12.0. The van der Waals surface area contributed by atoms with Crippen LogP contribution in [-0.4, -0.2) is 16.7 Å². The van der Waals surface area contributed by atoms with Crippen molar-refractivity contribution in [3.05, 3.63) is 44.0 Å². The molecule has 0 aliphatic heterocycles. The summed E-state index contributed by atoms with van der Waals surface area (Å²) in [6, 6.07) is 7.27. The number of amides is 1. The highest BCUT2D eigenvalue weighted by Crippen LogP contribution is 2.23. The minimum absolute atomic E-state index is 0.0373. The number of aromatic nitrogens is 1. The Balaban J connectivity index is 2.20. The van der Waals surface area contributed by atoms with Crippen LogP contribution in [0.1, 0.15) is 32.6 Å². The van der Waals surface area contributed by atoms with Gasteiger partial charge in [-0.2, -0.15) is 0 Å². The number of carbonyl (C=O) groups excluding carboxylic acids is 2. The smallest absolute Gasteiger partial charge is 0.257 e. The molecule has 4 nitrogen and oxygen atoms in total. The van der Waals surface area contributed by atoms with Gasteiger partial charge in [-0.15, -0.1) is 0 Å². The van der Waals surface area contributed by atoms with Gasteiger partial charge in [-0.05, 0) is 47.7 Å². The first kappa shape index (κ1) is 14.1. The van der Waals surface area contributed by atoms with Crippen molar-refractivity contribution in [3.8, 4) is 0 Å². The van der Waals surface area contributed by atoms with E-state index >= 15 is 0 Å². The molecule has 98 valence electrons. The highest BCUT2D eigenvalue weighted by molar-refractivity contribution is 14.1. The Morgan fingerprint density at radius 1 is 1.37 bits per heavy atom. The van der Waals surface area contributed by atoms with Crippen molar-refractivity contribution >= 4 is 50.7 Å². The summed E-state index contributed by atoms with van der Waals surface area (Å²) in [6.07, 6.45) is 0. The summed E-state index contributed by atoms with van der Waals surface area (Å²) in [5.41, 5.74) is 1.22. The Kier molecular flexibility index (Phi) is 4.31. The fourth-order valence-corrected chi connectivity index (χ4v) is 2.98. The number of nitrogens with one attached hydrogen (secondary N) is 1. The Bertz CT molecular complexity index is 652. The molecule has 0 bridgehead atoms. The van der Waals surface area contributed by atoms with Gasteiger partial charge in [0.2, 0.25) is 0 Å². The lowest BCUT2D eigenvalue weighted by molar-refractivity contribution is 0.101. The molecule has 1 aromatic carbocycles. The van der Waals surface area contributed by atoms with Crippen LogP contribution < -0.4 is 5.32 Å². The molecule has 0 radical (unpaired) electrons. The van der Waals surface area contributed by atoms with E-state index in [4.69, 9.17) is 0 Å².